The monoisotopic (exact) mass is 378 g/mol. The van der Waals surface area contributed by atoms with E-state index in [1.54, 1.807) is 0 Å². The number of benzene rings is 1. The molecule has 0 unspecified atom stereocenters. The molecule has 1 aliphatic rings. The van der Waals surface area contributed by atoms with Gasteiger partial charge in [-0.25, -0.2) is 4.57 Å². The summed E-state index contributed by atoms with van der Waals surface area (Å²) in [5, 5.41) is 0.240. The lowest BCUT2D eigenvalue weighted by molar-refractivity contribution is 0.0182. The van der Waals surface area contributed by atoms with Crippen molar-refractivity contribution in [3.63, 3.8) is 0 Å². The van der Waals surface area contributed by atoms with E-state index in [0.717, 1.165) is 0 Å². The minimum absolute atomic E-state index is 0.0450. The first-order chi connectivity index (χ1) is 9.14. The lowest BCUT2D eigenvalue weighted by Crippen LogP contribution is -2.30. The van der Waals surface area contributed by atoms with E-state index >= 15 is 0 Å². The highest BCUT2D eigenvalue weighted by atomic mass is 35.5. The molecule has 0 N–H and O–H groups in total. The van der Waals surface area contributed by atoms with Crippen LogP contribution in [0.5, 0.6) is 5.75 Å². The molecule has 1 heterocycles. The molecule has 0 aliphatic carbocycles. The Hall–Kier alpha value is 0.330. The van der Waals surface area contributed by atoms with Crippen LogP contribution in [0.15, 0.2) is 6.07 Å². The van der Waals surface area contributed by atoms with Crippen LogP contribution in [0, 0.1) is 5.41 Å². The second-order valence-corrected chi connectivity index (χ2v) is 8.21. The van der Waals surface area contributed by atoms with Gasteiger partial charge < -0.3 is 4.52 Å². The molecule has 9 heteroatoms. The van der Waals surface area contributed by atoms with Crippen LogP contribution in [0.3, 0.4) is 0 Å². The van der Waals surface area contributed by atoms with Crippen molar-refractivity contribution in [3.05, 3.63) is 26.2 Å². The standard InChI is InChI=1S/C11H11Cl4O4P/c1-11(2)4-17-20(16,18-5-11)19-10-7(13)3-6(12)8(14)9(10)15/h3H,4-5H2,1-2H3. The molecule has 1 saturated heterocycles. The van der Waals surface area contributed by atoms with Gasteiger partial charge in [0, 0.05) is 5.41 Å². The maximum atomic E-state index is 12.3. The summed E-state index contributed by atoms with van der Waals surface area (Å²) >= 11 is 23.6. The highest BCUT2D eigenvalue weighted by Crippen LogP contribution is 2.57. The second-order valence-electron chi connectivity index (χ2n) is 5.05. The summed E-state index contributed by atoms with van der Waals surface area (Å²) in [5.74, 6) is -0.0780. The molecule has 0 atom stereocenters. The molecule has 4 nitrogen and oxygen atoms in total. The average Bonchev–Trinajstić information content (AvgIpc) is 2.37. The Bertz CT molecular complexity index is 576. The summed E-state index contributed by atoms with van der Waals surface area (Å²) in [6.07, 6.45) is 0. The first kappa shape index (κ1) is 16.7. The largest absolute Gasteiger partial charge is 0.530 e. The van der Waals surface area contributed by atoms with Gasteiger partial charge in [0.25, 0.3) is 0 Å². The van der Waals surface area contributed by atoms with Gasteiger partial charge in [-0.3, -0.25) is 9.05 Å². The average molecular weight is 380 g/mol. The topological polar surface area (TPSA) is 44.8 Å². The van der Waals surface area contributed by atoms with Crippen LogP contribution in [-0.2, 0) is 13.6 Å². The quantitative estimate of drug-likeness (QED) is 0.366. The van der Waals surface area contributed by atoms with E-state index in [1.165, 1.54) is 6.07 Å². The Kier molecular flexibility index (Phi) is 4.88. The molecule has 1 fully saturated rings. The molecule has 0 spiro atoms. The zero-order chi connectivity index (χ0) is 15.1. The second kappa shape index (κ2) is 5.85. The third kappa shape index (κ3) is 3.56. The van der Waals surface area contributed by atoms with Crippen molar-refractivity contribution in [1.29, 1.82) is 0 Å². The van der Waals surface area contributed by atoms with Crippen LogP contribution < -0.4 is 4.52 Å². The van der Waals surface area contributed by atoms with E-state index in [-0.39, 0.29) is 44.5 Å². The van der Waals surface area contributed by atoms with Gasteiger partial charge in [0.2, 0.25) is 0 Å². The first-order valence-electron chi connectivity index (χ1n) is 5.55. The Morgan fingerprint density at radius 3 is 2.20 bits per heavy atom. The summed E-state index contributed by atoms with van der Waals surface area (Å²) in [7, 11) is -3.77. The Balaban J connectivity index is 2.27. The van der Waals surface area contributed by atoms with Gasteiger partial charge in [0.05, 0.1) is 28.3 Å². The van der Waals surface area contributed by atoms with Gasteiger partial charge >= 0.3 is 7.82 Å². The fraction of sp³-hybridized carbons (Fsp3) is 0.455. The van der Waals surface area contributed by atoms with Crippen LogP contribution in [0.4, 0.5) is 0 Å². The van der Waals surface area contributed by atoms with Gasteiger partial charge in [0.15, 0.2) is 5.75 Å². The summed E-state index contributed by atoms with van der Waals surface area (Å²) in [6, 6.07) is 1.34. The zero-order valence-corrected chi connectivity index (χ0v) is 14.5. The van der Waals surface area contributed by atoms with Gasteiger partial charge in [-0.2, -0.15) is 0 Å². The van der Waals surface area contributed by atoms with E-state index in [4.69, 9.17) is 60.0 Å². The minimum atomic E-state index is -3.77. The number of halogens is 4. The van der Waals surface area contributed by atoms with E-state index in [2.05, 4.69) is 0 Å². The lowest BCUT2D eigenvalue weighted by Gasteiger charge is -2.33. The predicted molar refractivity (Wildman–Crippen MR) is 80.4 cm³/mol. The van der Waals surface area contributed by atoms with Crippen LogP contribution in [0.2, 0.25) is 20.1 Å². The fourth-order valence-electron chi connectivity index (χ4n) is 1.38. The molecule has 0 saturated carbocycles. The smallest absolute Gasteiger partial charge is 0.401 e. The number of rotatable bonds is 2. The molecule has 0 radical (unpaired) electrons. The van der Waals surface area contributed by atoms with E-state index < -0.39 is 7.82 Å². The Labute approximate surface area is 136 Å². The number of phosphoric ester groups is 1. The molecule has 0 bridgehead atoms. The van der Waals surface area contributed by atoms with Crippen molar-refractivity contribution >= 4 is 54.2 Å². The molecular formula is C11H11Cl4O4P. The molecule has 1 aliphatic heterocycles. The zero-order valence-electron chi connectivity index (χ0n) is 10.6. The number of hydrogen-bond acceptors (Lipinski definition) is 4. The summed E-state index contributed by atoms with van der Waals surface area (Å²) < 4.78 is 27.9. The van der Waals surface area contributed by atoms with Gasteiger partial charge in [0.1, 0.15) is 5.02 Å². The molecule has 0 aromatic heterocycles. The van der Waals surface area contributed by atoms with Crippen molar-refractivity contribution in [1.82, 2.24) is 0 Å². The molecule has 2 rings (SSSR count). The Morgan fingerprint density at radius 1 is 1.10 bits per heavy atom. The molecule has 1 aromatic carbocycles. The van der Waals surface area contributed by atoms with Gasteiger partial charge in [-0.1, -0.05) is 60.3 Å². The van der Waals surface area contributed by atoms with E-state index in [0.29, 0.717) is 0 Å². The highest BCUT2D eigenvalue weighted by Gasteiger charge is 2.40. The molecule has 112 valence electrons. The number of phosphoric acid groups is 1. The van der Waals surface area contributed by atoms with Crippen LogP contribution in [0.1, 0.15) is 13.8 Å². The van der Waals surface area contributed by atoms with Crippen molar-refractivity contribution in [2.24, 2.45) is 5.41 Å². The SMILES string of the molecule is CC1(C)COP(=O)(Oc2c(Cl)cc(Cl)c(Cl)c2Cl)OC1. The molecule has 20 heavy (non-hydrogen) atoms. The van der Waals surface area contributed by atoms with Crippen molar-refractivity contribution < 1.29 is 18.1 Å². The van der Waals surface area contributed by atoms with Gasteiger partial charge in [-0.15, -0.1) is 0 Å². The van der Waals surface area contributed by atoms with Crippen molar-refractivity contribution in [2.45, 2.75) is 13.8 Å². The summed E-state index contributed by atoms with van der Waals surface area (Å²) in [4.78, 5) is 0. The summed E-state index contributed by atoms with van der Waals surface area (Å²) in [6.45, 7) is 4.27. The van der Waals surface area contributed by atoms with Gasteiger partial charge in [-0.05, 0) is 6.07 Å². The molecular weight excluding hydrogens is 369 g/mol. The van der Waals surface area contributed by atoms with Crippen molar-refractivity contribution in [2.75, 3.05) is 13.2 Å². The third-order valence-corrected chi connectivity index (χ3v) is 5.32. The van der Waals surface area contributed by atoms with Crippen LogP contribution >= 0.6 is 54.2 Å². The van der Waals surface area contributed by atoms with E-state index in [9.17, 15) is 4.57 Å². The maximum Gasteiger partial charge on any atom is 0.530 e. The molecule has 0 amide bonds. The number of hydrogen-bond donors (Lipinski definition) is 0. The normalized spacial score (nSPS) is 20.7. The third-order valence-electron chi connectivity index (χ3n) is 2.50. The summed E-state index contributed by atoms with van der Waals surface area (Å²) in [5.41, 5.74) is -0.248. The lowest BCUT2D eigenvalue weighted by atomic mass is 9.97. The van der Waals surface area contributed by atoms with Crippen LogP contribution in [0.25, 0.3) is 0 Å². The molecule has 1 aromatic rings. The Morgan fingerprint density at radius 2 is 1.65 bits per heavy atom. The highest BCUT2D eigenvalue weighted by molar-refractivity contribution is 7.49. The van der Waals surface area contributed by atoms with E-state index in [1.807, 2.05) is 13.8 Å². The maximum absolute atomic E-state index is 12.3. The van der Waals surface area contributed by atoms with Crippen molar-refractivity contribution in [3.8, 4) is 5.75 Å². The first-order valence-corrected chi connectivity index (χ1v) is 8.52. The minimum Gasteiger partial charge on any atom is -0.401 e. The van der Waals surface area contributed by atoms with Crippen LogP contribution in [-0.4, -0.2) is 13.2 Å². The fourth-order valence-corrected chi connectivity index (χ4v) is 4.08. The predicted octanol–water partition coefficient (Wildman–Crippen LogP) is 5.86.